The van der Waals surface area contributed by atoms with Gasteiger partial charge >= 0.3 is 0 Å². The quantitative estimate of drug-likeness (QED) is 0.643. The molecular formula is C10H23NO. The van der Waals surface area contributed by atoms with Crippen LogP contribution in [0.3, 0.4) is 0 Å². The van der Waals surface area contributed by atoms with Crippen LogP contribution in [-0.2, 0) is 0 Å². The summed E-state index contributed by atoms with van der Waals surface area (Å²) < 4.78 is 0. The summed E-state index contributed by atoms with van der Waals surface area (Å²) in [6.45, 7) is 9.09. The van der Waals surface area contributed by atoms with Crippen molar-refractivity contribution >= 4 is 0 Å². The van der Waals surface area contributed by atoms with Gasteiger partial charge in [-0.3, -0.25) is 0 Å². The molecule has 0 bridgehead atoms. The van der Waals surface area contributed by atoms with Crippen LogP contribution < -0.4 is 5.32 Å². The molecule has 0 rings (SSSR count). The van der Waals surface area contributed by atoms with Crippen molar-refractivity contribution in [1.82, 2.24) is 5.32 Å². The Morgan fingerprint density at radius 3 is 2.42 bits per heavy atom. The van der Waals surface area contributed by atoms with Crippen molar-refractivity contribution in [3.05, 3.63) is 0 Å². The molecule has 0 aromatic carbocycles. The highest BCUT2D eigenvalue weighted by Gasteiger charge is 2.16. The van der Waals surface area contributed by atoms with E-state index in [9.17, 15) is 0 Å². The van der Waals surface area contributed by atoms with Crippen molar-refractivity contribution in [2.75, 3.05) is 6.61 Å². The number of aliphatic hydroxyl groups excluding tert-OH is 1. The molecule has 0 saturated carbocycles. The predicted molar refractivity (Wildman–Crippen MR) is 53.3 cm³/mol. The van der Waals surface area contributed by atoms with E-state index in [-0.39, 0.29) is 5.54 Å². The van der Waals surface area contributed by atoms with Crippen LogP contribution in [0.1, 0.15) is 47.0 Å². The van der Waals surface area contributed by atoms with E-state index in [1.54, 1.807) is 0 Å². The molecule has 74 valence electrons. The summed E-state index contributed by atoms with van der Waals surface area (Å²) in [7, 11) is 0. The standard InChI is InChI=1S/C10H23NO/c1-5-10(3,4)11-9(2)7-6-8-12/h9,11-12H,5-8H2,1-4H3. The predicted octanol–water partition coefficient (Wildman–Crippen LogP) is 1.93. The van der Waals surface area contributed by atoms with Gasteiger partial charge in [-0.05, 0) is 40.0 Å². The fraction of sp³-hybridized carbons (Fsp3) is 1.00. The van der Waals surface area contributed by atoms with Gasteiger partial charge in [-0.2, -0.15) is 0 Å². The molecule has 0 spiro atoms. The molecule has 2 N–H and O–H groups in total. The minimum absolute atomic E-state index is 0.231. The van der Waals surface area contributed by atoms with Crippen molar-refractivity contribution in [2.45, 2.75) is 58.5 Å². The van der Waals surface area contributed by atoms with Gasteiger partial charge in [0.2, 0.25) is 0 Å². The monoisotopic (exact) mass is 173 g/mol. The van der Waals surface area contributed by atoms with Gasteiger partial charge in [0, 0.05) is 18.2 Å². The van der Waals surface area contributed by atoms with Crippen LogP contribution in [0.15, 0.2) is 0 Å². The molecule has 1 atom stereocenters. The van der Waals surface area contributed by atoms with Crippen LogP contribution in [0.2, 0.25) is 0 Å². The maximum absolute atomic E-state index is 8.64. The first-order valence-electron chi connectivity index (χ1n) is 4.90. The lowest BCUT2D eigenvalue weighted by Crippen LogP contribution is -2.44. The van der Waals surface area contributed by atoms with Crippen LogP contribution in [0.5, 0.6) is 0 Å². The number of aliphatic hydroxyl groups is 1. The summed E-state index contributed by atoms with van der Waals surface area (Å²) >= 11 is 0. The average molecular weight is 173 g/mol. The third-order valence-electron chi connectivity index (χ3n) is 2.32. The number of nitrogens with one attached hydrogen (secondary N) is 1. The van der Waals surface area contributed by atoms with Gasteiger partial charge in [-0.15, -0.1) is 0 Å². The maximum atomic E-state index is 8.64. The molecule has 2 nitrogen and oxygen atoms in total. The fourth-order valence-electron chi connectivity index (χ4n) is 1.24. The Hall–Kier alpha value is -0.0800. The fourth-order valence-corrected chi connectivity index (χ4v) is 1.24. The summed E-state index contributed by atoms with van der Waals surface area (Å²) in [6.07, 6.45) is 3.09. The van der Waals surface area contributed by atoms with E-state index in [2.05, 4.69) is 33.0 Å². The highest BCUT2D eigenvalue weighted by Crippen LogP contribution is 2.10. The molecule has 0 radical (unpaired) electrons. The lowest BCUT2D eigenvalue weighted by molar-refractivity contribution is 0.262. The number of hydrogen-bond acceptors (Lipinski definition) is 2. The molecule has 0 aliphatic rings. The zero-order valence-corrected chi connectivity index (χ0v) is 8.85. The van der Waals surface area contributed by atoms with E-state index in [1.807, 2.05) is 0 Å². The van der Waals surface area contributed by atoms with Crippen LogP contribution in [0.4, 0.5) is 0 Å². The van der Waals surface area contributed by atoms with Crippen LogP contribution in [-0.4, -0.2) is 23.3 Å². The van der Waals surface area contributed by atoms with Gasteiger partial charge in [-0.25, -0.2) is 0 Å². The van der Waals surface area contributed by atoms with Crippen molar-refractivity contribution in [3.8, 4) is 0 Å². The van der Waals surface area contributed by atoms with Crippen molar-refractivity contribution in [2.24, 2.45) is 0 Å². The second kappa shape index (κ2) is 5.55. The van der Waals surface area contributed by atoms with Crippen molar-refractivity contribution in [1.29, 1.82) is 0 Å². The Kier molecular flexibility index (Phi) is 5.51. The molecule has 0 aliphatic carbocycles. The largest absolute Gasteiger partial charge is 0.396 e. The number of rotatable bonds is 6. The summed E-state index contributed by atoms with van der Waals surface area (Å²) in [5.74, 6) is 0. The molecule has 0 saturated heterocycles. The SMILES string of the molecule is CCC(C)(C)NC(C)CCCO. The molecule has 1 unspecified atom stereocenters. The Labute approximate surface area is 76.4 Å². The van der Waals surface area contributed by atoms with Gasteiger partial charge in [0.05, 0.1) is 0 Å². The summed E-state index contributed by atoms with van der Waals surface area (Å²) in [5, 5.41) is 12.2. The molecule has 12 heavy (non-hydrogen) atoms. The summed E-state index contributed by atoms with van der Waals surface area (Å²) in [6, 6.07) is 0.507. The summed E-state index contributed by atoms with van der Waals surface area (Å²) in [5.41, 5.74) is 0.231. The number of hydrogen-bond donors (Lipinski definition) is 2. The molecule has 0 aromatic rings. The first kappa shape index (κ1) is 11.9. The van der Waals surface area contributed by atoms with Gasteiger partial charge in [0.1, 0.15) is 0 Å². The molecule has 0 amide bonds. The van der Waals surface area contributed by atoms with Crippen molar-refractivity contribution < 1.29 is 5.11 Å². The molecule has 0 fully saturated rings. The van der Waals surface area contributed by atoms with Gasteiger partial charge in [0.15, 0.2) is 0 Å². The van der Waals surface area contributed by atoms with Gasteiger partial charge < -0.3 is 10.4 Å². The Morgan fingerprint density at radius 1 is 1.42 bits per heavy atom. The van der Waals surface area contributed by atoms with E-state index < -0.39 is 0 Å². The molecule has 0 heterocycles. The summed E-state index contributed by atoms with van der Waals surface area (Å²) in [4.78, 5) is 0. The topological polar surface area (TPSA) is 32.3 Å². The lowest BCUT2D eigenvalue weighted by Gasteiger charge is -2.29. The average Bonchev–Trinajstić information content (AvgIpc) is 2.00. The van der Waals surface area contributed by atoms with E-state index >= 15 is 0 Å². The van der Waals surface area contributed by atoms with Crippen LogP contribution in [0.25, 0.3) is 0 Å². The minimum atomic E-state index is 0.231. The first-order valence-corrected chi connectivity index (χ1v) is 4.90. The smallest absolute Gasteiger partial charge is 0.0431 e. The Bertz CT molecular complexity index is 112. The third-order valence-corrected chi connectivity index (χ3v) is 2.32. The van der Waals surface area contributed by atoms with E-state index in [0.717, 1.165) is 19.3 Å². The minimum Gasteiger partial charge on any atom is -0.396 e. The second-order valence-corrected chi connectivity index (χ2v) is 4.15. The second-order valence-electron chi connectivity index (χ2n) is 4.15. The molecule has 0 aromatic heterocycles. The normalized spacial score (nSPS) is 14.8. The lowest BCUT2D eigenvalue weighted by atomic mass is 10.00. The Balaban J connectivity index is 3.60. The Morgan fingerprint density at radius 2 is 2.00 bits per heavy atom. The van der Waals surface area contributed by atoms with Crippen LogP contribution in [0, 0.1) is 0 Å². The van der Waals surface area contributed by atoms with E-state index in [4.69, 9.17) is 5.11 Å². The first-order chi connectivity index (χ1) is 5.52. The highest BCUT2D eigenvalue weighted by atomic mass is 16.2. The van der Waals surface area contributed by atoms with Crippen molar-refractivity contribution in [3.63, 3.8) is 0 Å². The van der Waals surface area contributed by atoms with Crippen LogP contribution >= 0.6 is 0 Å². The zero-order valence-electron chi connectivity index (χ0n) is 8.85. The van der Waals surface area contributed by atoms with Gasteiger partial charge in [0.25, 0.3) is 0 Å². The maximum Gasteiger partial charge on any atom is 0.0431 e. The van der Waals surface area contributed by atoms with Gasteiger partial charge in [-0.1, -0.05) is 6.92 Å². The third kappa shape index (κ3) is 5.56. The molecular weight excluding hydrogens is 150 g/mol. The van der Waals surface area contributed by atoms with E-state index in [0.29, 0.717) is 12.6 Å². The van der Waals surface area contributed by atoms with E-state index in [1.165, 1.54) is 0 Å². The highest BCUT2D eigenvalue weighted by molar-refractivity contribution is 4.78. The molecule has 0 aliphatic heterocycles. The molecule has 2 heteroatoms. The zero-order chi connectivity index (χ0) is 9.61.